The molecule has 0 spiro atoms. The largest absolute Gasteiger partial charge is 0.452 e. The molecular weight excluding hydrogens is 412 g/mol. The van der Waals surface area contributed by atoms with Crippen molar-refractivity contribution in [3.8, 4) is 11.3 Å². The monoisotopic (exact) mass is 436 g/mol. The molecule has 1 aromatic heterocycles. The Balaban J connectivity index is 1.45. The average Bonchev–Trinajstić information content (AvgIpc) is 3.18. The molecule has 0 N–H and O–H groups in total. The topological polar surface area (TPSA) is 59.5 Å². The van der Waals surface area contributed by atoms with E-state index in [1.165, 1.54) is 0 Å². The number of esters is 1. The van der Waals surface area contributed by atoms with Gasteiger partial charge in [-0.1, -0.05) is 66.7 Å². The maximum atomic E-state index is 13.3. The first-order valence-electron chi connectivity index (χ1n) is 11.1. The number of amides is 1. The first-order chi connectivity index (χ1) is 16.0. The molecule has 5 rings (SSSR count). The summed E-state index contributed by atoms with van der Waals surface area (Å²) in [4.78, 5) is 32.8. The lowest BCUT2D eigenvalue weighted by atomic mass is 9.98. The SMILES string of the molecule is Cc1c(-c2ccccc2)nc2ccccc2c1C(=O)OCC(=O)N1c2ccccc2CC1C. The number of benzene rings is 3. The molecule has 1 amide bonds. The van der Waals surface area contributed by atoms with Gasteiger partial charge in [0.2, 0.25) is 0 Å². The van der Waals surface area contributed by atoms with Crippen LogP contribution in [0.25, 0.3) is 22.2 Å². The molecule has 5 nitrogen and oxygen atoms in total. The Kier molecular flexibility index (Phi) is 5.38. The molecule has 0 saturated heterocycles. The van der Waals surface area contributed by atoms with Crippen molar-refractivity contribution in [1.82, 2.24) is 4.98 Å². The van der Waals surface area contributed by atoms with E-state index < -0.39 is 5.97 Å². The highest BCUT2D eigenvalue weighted by molar-refractivity contribution is 6.07. The lowest BCUT2D eigenvalue weighted by Crippen LogP contribution is -2.38. The van der Waals surface area contributed by atoms with Gasteiger partial charge in [0.05, 0.1) is 16.8 Å². The van der Waals surface area contributed by atoms with Gasteiger partial charge in [0.25, 0.3) is 5.91 Å². The standard InChI is InChI=1S/C28H24N2O3/c1-18-16-21-12-6-9-15-24(21)30(18)25(31)17-33-28(32)26-19(2)27(20-10-4-3-5-11-20)29-23-14-8-7-13-22(23)26/h3-15,18H,16-17H2,1-2H3. The van der Waals surface area contributed by atoms with Crippen molar-refractivity contribution in [2.75, 3.05) is 11.5 Å². The van der Waals surface area contributed by atoms with E-state index in [1.54, 1.807) is 4.90 Å². The van der Waals surface area contributed by atoms with E-state index in [0.717, 1.165) is 34.5 Å². The summed E-state index contributed by atoms with van der Waals surface area (Å²) >= 11 is 0. The van der Waals surface area contributed by atoms with E-state index in [0.29, 0.717) is 16.5 Å². The van der Waals surface area contributed by atoms with Gasteiger partial charge in [0, 0.05) is 22.7 Å². The molecule has 164 valence electrons. The molecule has 0 fully saturated rings. The highest BCUT2D eigenvalue weighted by atomic mass is 16.5. The van der Waals surface area contributed by atoms with Crippen molar-refractivity contribution in [3.63, 3.8) is 0 Å². The summed E-state index contributed by atoms with van der Waals surface area (Å²) in [7, 11) is 0. The number of aromatic nitrogens is 1. The third kappa shape index (κ3) is 3.76. The predicted molar refractivity (Wildman–Crippen MR) is 129 cm³/mol. The Morgan fingerprint density at radius 1 is 0.970 bits per heavy atom. The fourth-order valence-corrected chi connectivity index (χ4v) is 4.66. The summed E-state index contributed by atoms with van der Waals surface area (Å²) in [5.41, 5.74) is 5.57. The Hall–Kier alpha value is -3.99. The van der Waals surface area contributed by atoms with Gasteiger partial charge >= 0.3 is 5.97 Å². The Bertz CT molecular complexity index is 1360. The van der Waals surface area contributed by atoms with Gasteiger partial charge in [-0.3, -0.25) is 4.79 Å². The summed E-state index contributed by atoms with van der Waals surface area (Å²) in [5, 5.41) is 0.715. The summed E-state index contributed by atoms with van der Waals surface area (Å²) in [6.45, 7) is 3.57. The lowest BCUT2D eigenvalue weighted by molar-refractivity contribution is -0.122. The van der Waals surface area contributed by atoms with Gasteiger partial charge in [0.15, 0.2) is 6.61 Å². The van der Waals surface area contributed by atoms with Gasteiger partial charge in [-0.25, -0.2) is 9.78 Å². The summed E-state index contributed by atoms with van der Waals surface area (Å²) < 4.78 is 5.59. The highest BCUT2D eigenvalue weighted by Crippen LogP contribution is 2.33. The molecule has 1 atom stereocenters. The number of carbonyl (C=O) groups excluding carboxylic acids is 2. The van der Waals surface area contributed by atoms with E-state index >= 15 is 0 Å². The quantitative estimate of drug-likeness (QED) is 0.405. The lowest BCUT2D eigenvalue weighted by Gasteiger charge is -2.22. The smallest absolute Gasteiger partial charge is 0.339 e. The minimum atomic E-state index is -0.517. The summed E-state index contributed by atoms with van der Waals surface area (Å²) in [6.07, 6.45) is 0.796. The second kappa shape index (κ2) is 8.51. The maximum Gasteiger partial charge on any atom is 0.339 e. The molecule has 5 heteroatoms. The number of para-hydroxylation sites is 2. The van der Waals surface area contributed by atoms with Gasteiger partial charge in [-0.05, 0) is 43.5 Å². The number of rotatable bonds is 4. The van der Waals surface area contributed by atoms with Crippen LogP contribution in [0.2, 0.25) is 0 Å². The van der Waals surface area contributed by atoms with Crippen LogP contribution >= 0.6 is 0 Å². The molecular formula is C28H24N2O3. The number of ether oxygens (including phenoxy) is 1. The fraction of sp³-hybridized carbons (Fsp3) is 0.179. The Labute approximate surface area is 192 Å². The maximum absolute atomic E-state index is 13.3. The first-order valence-corrected chi connectivity index (χ1v) is 11.1. The van der Waals surface area contributed by atoms with Crippen LogP contribution in [0.3, 0.4) is 0 Å². The van der Waals surface area contributed by atoms with Gasteiger partial charge in [0.1, 0.15) is 0 Å². The molecule has 2 heterocycles. The van der Waals surface area contributed by atoms with Crippen molar-refractivity contribution in [1.29, 1.82) is 0 Å². The second-order valence-corrected chi connectivity index (χ2v) is 8.37. The summed E-state index contributed by atoms with van der Waals surface area (Å²) in [6, 6.07) is 25.2. The molecule has 0 bridgehead atoms. The zero-order valence-corrected chi connectivity index (χ0v) is 18.6. The number of hydrogen-bond donors (Lipinski definition) is 0. The molecule has 0 aliphatic carbocycles. The molecule has 33 heavy (non-hydrogen) atoms. The van der Waals surface area contributed by atoms with Crippen LogP contribution in [0, 0.1) is 6.92 Å². The number of fused-ring (bicyclic) bond motifs is 2. The van der Waals surface area contributed by atoms with Gasteiger partial charge < -0.3 is 9.64 Å². The van der Waals surface area contributed by atoms with E-state index in [1.807, 2.05) is 92.7 Å². The molecule has 0 saturated carbocycles. The number of carbonyl (C=O) groups is 2. The van der Waals surface area contributed by atoms with E-state index in [-0.39, 0.29) is 18.6 Å². The molecule has 4 aromatic rings. The van der Waals surface area contributed by atoms with Gasteiger partial charge in [-0.2, -0.15) is 0 Å². The Morgan fingerprint density at radius 3 is 2.48 bits per heavy atom. The van der Waals surface area contributed by atoms with Crippen LogP contribution in [0.1, 0.15) is 28.4 Å². The normalized spacial score (nSPS) is 14.8. The van der Waals surface area contributed by atoms with Crippen LogP contribution in [0.4, 0.5) is 5.69 Å². The third-order valence-corrected chi connectivity index (χ3v) is 6.19. The third-order valence-electron chi connectivity index (χ3n) is 6.19. The number of nitrogens with zero attached hydrogens (tertiary/aromatic N) is 2. The zero-order valence-electron chi connectivity index (χ0n) is 18.6. The molecule has 0 radical (unpaired) electrons. The predicted octanol–water partition coefficient (Wildman–Crippen LogP) is 5.34. The minimum Gasteiger partial charge on any atom is -0.452 e. The fourth-order valence-electron chi connectivity index (χ4n) is 4.66. The van der Waals surface area contributed by atoms with E-state index in [2.05, 4.69) is 0 Å². The zero-order chi connectivity index (χ0) is 22.9. The molecule has 1 aliphatic rings. The average molecular weight is 437 g/mol. The van der Waals surface area contributed by atoms with Crippen molar-refractivity contribution in [2.45, 2.75) is 26.3 Å². The number of hydrogen-bond acceptors (Lipinski definition) is 4. The van der Waals surface area contributed by atoms with Gasteiger partial charge in [-0.15, -0.1) is 0 Å². The van der Waals surface area contributed by atoms with E-state index in [9.17, 15) is 9.59 Å². The molecule has 1 aliphatic heterocycles. The number of anilines is 1. The van der Waals surface area contributed by atoms with Crippen molar-refractivity contribution in [2.24, 2.45) is 0 Å². The number of pyridine rings is 1. The van der Waals surface area contributed by atoms with Crippen LogP contribution in [-0.4, -0.2) is 29.5 Å². The summed E-state index contributed by atoms with van der Waals surface area (Å²) in [5.74, 6) is -0.739. The highest BCUT2D eigenvalue weighted by Gasteiger charge is 2.31. The van der Waals surface area contributed by atoms with Crippen LogP contribution < -0.4 is 4.90 Å². The Morgan fingerprint density at radius 2 is 1.67 bits per heavy atom. The molecule has 3 aromatic carbocycles. The minimum absolute atomic E-state index is 0.0294. The first kappa shape index (κ1) is 20.9. The van der Waals surface area contributed by atoms with Crippen molar-refractivity contribution in [3.05, 3.63) is 95.6 Å². The van der Waals surface area contributed by atoms with Crippen molar-refractivity contribution >= 4 is 28.5 Å². The molecule has 1 unspecified atom stereocenters. The van der Waals surface area contributed by atoms with Crippen LogP contribution in [0.5, 0.6) is 0 Å². The van der Waals surface area contributed by atoms with Crippen LogP contribution in [-0.2, 0) is 16.0 Å². The van der Waals surface area contributed by atoms with Crippen LogP contribution in [0.15, 0.2) is 78.9 Å². The second-order valence-electron chi connectivity index (χ2n) is 8.37. The van der Waals surface area contributed by atoms with E-state index in [4.69, 9.17) is 9.72 Å². The van der Waals surface area contributed by atoms with Crippen molar-refractivity contribution < 1.29 is 14.3 Å².